The number of carbonyl (C=O) groups is 2. The molecule has 0 aliphatic heterocycles. The Morgan fingerprint density at radius 3 is 2.50 bits per heavy atom. The van der Waals surface area contributed by atoms with Crippen LogP contribution in [0.15, 0.2) is 36.4 Å². The number of carbonyl (C=O) groups excluding carboxylic acids is 2. The van der Waals surface area contributed by atoms with Gasteiger partial charge in [-0.15, -0.1) is 0 Å². The second kappa shape index (κ2) is 7.05. The van der Waals surface area contributed by atoms with Gasteiger partial charge in [-0.3, -0.25) is 9.59 Å². The molecule has 0 radical (unpaired) electrons. The van der Waals surface area contributed by atoms with Crippen LogP contribution in [-0.4, -0.2) is 27.1 Å². The summed E-state index contributed by atoms with van der Waals surface area (Å²) in [4.78, 5) is 24.0. The molecule has 132 valence electrons. The Labute approximate surface area is 153 Å². The first-order valence-electron chi connectivity index (χ1n) is 7.65. The summed E-state index contributed by atoms with van der Waals surface area (Å²) in [6.45, 7) is 1.75. The predicted octanol–water partition coefficient (Wildman–Crippen LogP) is 2.83. The monoisotopic (exact) mass is 372 g/mol. The number of aryl methyl sites for hydroxylation is 1. The molecule has 0 aliphatic carbocycles. The Kier molecular flexibility index (Phi) is 4.81. The van der Waals surface area contributed by atoms with Gasteiger partial charge in [0.15, 0.2) is 11.5 Å². The lowest BCUT2D eigenvalue weighted by atomic mass is 9.95. The van der Waals surface area contributed by atoms with Gasteiger partial charge < -0.3 is 5.73 Å². The van der Waals surface area contributed by atoms with Crippen LogP contribution in [0.2, 0.25) is 5.02 Å². The Bertz CT molecular complexity index is 976. The van der Waals surface area contributed by atoms with Crippen LogP contribution >= 0.6 is 11.6 Å². The van der Waals surface area contributed by atoms with Crippen molar-refractivity contribution >= 4 is 23.3 Å². The molecule has 1 amide bonds. The van der Waals surface area contributed by atoms with E-state index in [-0.39, 0.29) is 22.9 Å². The molecule has 0 spiro atoms. The van der Waals surface area contributed by atoms with Gasteiger partial charge in [0.05, 0.1) is 10.7 Å². The number of hydrogen-bond donors (Lipinski definition) is 2. The van der Waals surface area contributed by atoms with Gasteiger partial charge in [0.1, 0.15) is 5.82 Å². The SMILES string of the molecule is Cc1cc(Cc2n[nH]nc2C(N)=O)cc(Cl)c1C(=O)c1ccc(F)cc1. The van der Waals surface area contributed by atoms with E-state index in [0.29, 0.717) is 22.4 Å². The molecule has 0 fully saturated rings. The van der Waals surface area contributed by atoms with Crippen LogP contribution in [0, 0.1) is 12.7 Å². The molecule has 0 unspecified atom stereocenters. The van der Waals surface area contributed by atoms with E-state index in [2.05, 4.69) is 15.4 Å². The highest BCUT2D eigenvalue weighted by Crippen LogP contribution is 2.26. The zero-order chi connectivity index (χ0) is 18.8. The minimum absolute atomic E-state index is 0.0604. The first-order valence-corrected chi connectivity index (χ1v) is 8.03. The molecule has 0 aliphatic rings. The summed E-state index contributed by atoms with van der Waals surface area (Å²) in [5.74, 6) is -1.39. The number of rotatable bonds is 5. The number of hydrogen-bond acceptors (Lipinski definition) is 4. The van der Waals surface area contributed by atoms with Gasteiger partial charge in [0.2, 0.25) is 0 Å². The van der Waals surface area contributed by atoms with E-state index in [1.165, 1.54) is 24.3 Å². The van der Waals surface area contributed by atoms with Crippen molar-refractivity contribution < 1.29 is 14.0 Å². The van der Waals surface area contributed by atoms with Crippen molar-refractivity contribution in [1.82, 2.24) is 15.4 Å². The van der Waals surface area contributed by atoms with Gasteiger partial charge >= 0.3 is 0 Å². The summed E-state index contributed by atoms with van der Waals surface area (Å²) in [6.07, 6.45) is 0.278. The Morgan fingerprint density at radius 2 is 1.88 bits per heavy atom. The Balaban J connectivity index is 1.93. The molecule has 6 nitrogen and oxygen atoms in total. The van der Waals surface area contributed by atoms with Gasteiger partial charge in [0, 0.05) is 17.5 Å². The van der Waals surface area contributed by atoms with E-state index in [1.807, 2.05) is 0 Å². The van der Waals surface area contributed by atoms with Crippen LogP contribution in [0.25, 0.3) is 0 Å². The molecule has 0 atom stereocenters. The van der Waals surface area contributed by atoms with Crippen LogP contribution in [-0.2, 0) is 6.42 Å². The largest absolute Gasteiger partial charge is 0.364 e. The minimum atomic E-state index is -0.681. The Morgan fingerprint density at radius 1 is 1.19 bits per heavy atom. The van der Waals surface area contributed by atoms with Crippen LogP contribution in [0.5, 0.6) is 0 Å². The average Bonchev–Trinajstić information content (AvgIpc) is 3.03. The average molecular weight is 373 g/mol. The molecule has 1 aromatic heterocycles. The fourth-order valence-electron chi connectivity index (χ4n) is 2.72. The number of primary amides is 1. The van der Waals surface area contributed by atoms with Gasteiger partial charge in [0.25, 0.3) is 5.91 Å². The van der Waals surface area contributed by atoms with Gasteiger partial charge in [-0.25, -0.2) is 4.39 Å². The summed E-state index contributed by atoms with van der Waals surface area (Å²) >= 11 is 6.32. The molecular weight excluding hydrogens is 359 g/mol. The lowest BCUT2D eigenvalue weighted by Gasteiger charge is -2.10. The van der Waals surface area contributed by atoms with E-state index in [0.717, 1.165) is 5.56 Å². The van der Waals surface area contributed by atoms with Gasteiger partial charge in [-0.1, -0.05) is 17.7 Å². The van der Waals surface area contributed by atoms with Crippen molar-refractivity contribution in [3.8, 4) is 0 Å². The van der Waals surface area contributed by atoms with E-state index < -0.39 is 11.7 Å². The number of H-pyrrole nitrogens is 1. The number of nitrogens with one attached hydrogen (secondary N) is 1. The normalized spacial score (nSPS) is 10.7. The molecule has 0 saturated carbocycles. The smallest absolute Gasteiger partial charge is 0.271 e. The van der Waals surface area contributed by atoms with E-state index in [9.17, 15) is 14.0 Å². The Hall–Kier alpha value is -3.06. The number of amides is 1. The zero-order valence-corrected chi connectivity index (χ0v) is 14.5. The van der Waals surface area contributed by atoms with Crippen molar-refractivity contribution in [2.45, 2.75) is 13.3 Å². The third-order valence-electron chi connectivity index (χ3n) is 3.91. The fraction of sp³-hybridized carbons (Fsp3) is 0.111. The standard InChI is InChI=1S/C18H14ClFN4O2/c1-9-6-10(8-14-16(18(21)26)23-24-22-14)7-13(19)15(9)17(25)11-2-4-12(20)5-3-11/h2-7H,8H2,1H3,(H2,21,26)(H,22,23,24). The number of aromatic amines is 1. The molecule has 8 heteroatoms. The maximum atomic E-state index is 13.0. The van der Waals surface area contributed by atoms with Crippen molar-refractivity contribution in [2.75, 3.05) is 0 Å². The summed E-state index contributed by atoms with van der Waals surface area (Å²) in [7, 11) is 0. The number of ketones is 1. The van der Waals surface area contributed by atoms with Crippen LogP contribution in [0.1, 0.15) is 43.2 Å². The molecule has 3 N–H and O–H groups in total. The second-order valence-electron chi connectivity index (χ2n) is 5.77. The minimum Gasteiger partial charge on any atom is -0.364 e. The number of aromatic nitrogens is 3. The van der Waals surface area contributed by atoms with Crippen molar-refractivity contribution in [1.29, 1.82) is 0 Å². The molecular formula is C18H14ClFN4O2. The highest BCUT2D eigenvalue weighted by molar-refractivity contribution is 6.35. The van der Waals surface area contributed by atoms with Crippen LogP contribution < -0.4 is 5.73 Å². The number of halogens is 2. The highest BCUT2D eigenvalue weighted by Gasteiger charge is 2.19. The van der Waals surface area contributed by atoms with Gasteiger partial charge in [-0.2, -0.15) is 15.4 Å². The van der Waals surface area contributed by atoms with Crippen LogP contribution in [0.3, 0.4) is 0 Å². The molecule has 3 rings (SSSR count). The van der Waals surface area contributed by atoms with Crippen molar-refractivity contribution in [2.24, 2.45) is 5.73 Å². The number of benzene rings is 2. The number of nitrogens with two attached hydrogens (primary N) is 1. The fourth-order valence-corrected chi connectivity index (χ4v) is 3.09. The lowest BCUT2D eigenvalue weighted by molar-refractivity contribution is 0.0993. The van der Waals surface area contributed by atoms with Crippen molar-refractivity contribution in [3.63, 3.8) is 0 Å². The molecule has 0 saturated heterocycles. The van der Waals surface area contributed by atoms with E-state index >= 15 is 0 Å². The predicted molar refractivity (Wildman–Crippen MR) is 93.7 cm³/mol. The third-order valence-corrected chi connectivity index (χ3v) is 4.20. The molecule has 2 aromatic carbocycles. The van der Waals surface area contributed by atoms with Crippen molar-refractivity contribution in [3.05, 3.63) is 80.9 Å². The first kappa shape index (κ1) is 17.8. The van der Waals surface area contributed by atoms with E-state index in [4.69, 9.17) is 17.3 Å². The maximum Gasteiger partial charge on any atom is 0.271 e. The molecule has 1 heterocycles. The first-order chi connectivity index (χ1) is 12.4. The quantitative estimate of drug-likeness (QED) is 0.672. The summed E-state index contributed by atoms with van der Waals surface area (Å²) in [5, 5.41) is 10.3. The highest BCUT2D eigenvalue weighted by atomic mass is 35.5. The molecule has 26 heavy (non-hydrogen) atoms. The third kappa shape index (κ3) is 3.48. The summed E-state index contributed by atoms with van der Waals surface area (Å²) in [6, 6.07) is 8.68. The van der Waals surface area contributed by atoms with Crippen LogP contribution in [0.4, 0.5) is 4.39 Å². The number of nitrogens with zero attached hydrogens (tertiary/aromatic N) is 2. The zero-order valence-electron chi connectivity index (χ0n) is 13.7. The topological polar surface area (TPSA) is 102 Å². The maximum absolute atomic E-state index is 13.0. The van der Waals surface area contributed by atoms with E-state index in [1.54, 1.807) is 19.1 Å². The lowest BCUT2D eigenvalue weighted by Crippen LogP contribution is -2.14. The second-order valence-corrected chi connectivity index (χ2v) is 6.17. The molecule has 3 aromatic rings. The molecule has 0 bridgehead atoms. The summed E-state index contributed by atoms with van der Waals surface area (Å²) < 4.78 is 13.0. The van der Waals surface area contributed by atoms with Gasteiger partial charge in [-0.05, 0) is 48.4 Å². The summed E-state index contributed by atoms with van der Waals surface area (Å²) in [5.41, 5.74) is 7.80.